The molecule has 0 radical (unpaired) electrons. The van der Waals surface area contributed by atoms with Gasteiger partial charge in [-0.05, 0) is 31.5 Å². The van der Waals surface area contributed by atoms with E-state index >= 15 is 0 Å². The number of fused-ring (bicyclic) bond motifs is 1. The number of ketones is 2. The summed E-state index contributed by atoms with van der Waals surface area (Å²) >= 11 is 0. The molecule has 4 heteroatoms. The molecule has 0 fully saturated rings. The van der Waals surface area contributed by atoms with E-state index in [4.69, 9.17) is 4.43 Å². The first-order chi connectivity index (χ1) is 12.0. The van der Waals surface area contributed by atoms with Crippen LogP contribution in [0.4, 0.5) is 0 Å². The fraction of sp³-hybridized carbons (Fsp3) is 0.455. The van der Waals surface area contributed by atoms with Crippen LogP contribution in [-0.4, -0.2) is 26.0 Å². The molecule has 0 saturated carbocycles. The highest BCUT2D eigenvalue weighted by atomic mass is 28.4. The SMILES string of the molecule is C[C@H](O[Si](C)(C)C(C)(C)C)[C@H]1C=CCC2=C1C(=O)c1ccccc1C2=O. The molecule has 0 spiro atoms. The number of rotatable bonds is 3. The molecule has 0 amide bonds. The third-order valence-corrected chi connectivity index (χ3v) is 10.6. The Morgan fingerprint density at radius 3 is 2.23 bits per heavy atom. The van der Waals surface area contributed by atoms with E-state index in [1.165, 1.54) is 0 Å². The Bertz CT molecular complexity index is 824. The van der Waals surface area contributed by atoms with Gasteiger partial charge >= 0.3 is 0 Å². The molecular weight excluding hydrogens is 340 g/mol. The fourth-order valence-corrected chi connectivity index (χ4v) is 4.97. The van der Waals surface area contributed by atoms with E-state index in [9.17, 15) is 9.59 Å². The molecule has 2 aliphatic carbocycles. The van der Waals surface area contributed by atoms with Crippen molar-refractivity contribution in [1.82, 2.24) is 0 Å². The van der Waals surface area contributed by atoms with Gasteiger partial charge in [0.15, 0.2) is 19.9 Å². The molecule has 2 aliphatic rings. The van der Waals surface area contributed by atoms with Crippen LogP contribution in [0.25, 0.3) is 0 Å². The lowest BCUT2D eigenvalue weighted by molar-refractivity contribution is 0.0943. The van der Waals surface area contributed by atoms with Crippen molar-refractivity contribution in [3.8, 4) is 0 Å². The molecule has 26 heavy (non-hydrogen) atoms. The fourth-order valence-electron chi connectivity index (χ4n) is 3.54. The van der Waals surface area contributed by atoms with E-state index in [0.29, 0.717) is 28.7 Å². The van der Waals surface area contributed by atoms with Crippen LogP contribution >= 0.6 is 0 Å². The van der Waals surface area contributed by atoms with Crippen LogP contribution in [0.15, 0.2) is 47.6 Å². The minimum Gasteiger partial charge on any atom is -0.413 e. The van der Waals surface area contributed by atoms with Crippen molar-refractivity contribution in [1.29, 1.82) is 0 Å². The van der Waals surface area contributed by atoms with Gasteiger partial charge in [0.2, 0.25) is 0 Å². The minimum absolute atomic E-state index is 0.0101. The maximum absolute atomic E-state index is 13.2. The normalized spacial score (nSPS) is 21.5. The van der Waals surface area contributed by atoms with Gasteiger partial charge in [-0.2, -0.15) is 0 Å². The van der Waals surface area contributed by atoms with Gasteiger partial charge in [-0.1, -0.05) is 57.2 Å². The van der Waals surface area contributed by atoms with Crippen LogP contribution in [0.3, 0.4) is 0 Å². The number of carbonyl (C=O) groups is 2. The molecule has 3 rings (SSSR count). The van der Waals surface area contributed by atoms with Gasteiger partial charge in [0, 0.05) is 28.2 Å². The zero-order chi connectivity index (χ0) is 19.3. The molecule has 0 aliphatic heterocycles. The lowest BCUT2D eigenvalue weighted by Gasteiger charge is -2.41. The molecule has 1 aromatic rings. The molecule has 0 aromatic heterocycles. The second-order valence-corrected chi connectivity index (χ2v) is 13.6. The summed E-state index contributed by atoms with van der Waals surface area (Å²) in [6.07, 6.45) is 4.45. The van der Waals surface area contributed by atoms with Gasteiger partial charge in [-0.15, -0.1) is 0 Å². The Labute approximate surface area is 157 Å². The zero-order valence-electron chi connectivity index (χ0n) is 16.6. The van der Waals surface area contributed by atoms with Crippen molar-refractivity contribution in [2.24, 2.45) is 5.92 Å². The van der Waals surface area contributed by atoms with Gasteiger partial charge in [0.1, 0.15) is 0 Å². The Kier molecular flexibility index (Phi) is 4.70. The van der Waals surface area contributed by atoms with Crippen molar-refractivity contribution >= 4 is 19.9 Å². The standard InChI is InChI=1S/C22H28O3Si/c1-14(25-26(5,6)22(2,3)4)15-12-9-13-18-19(15)21(24)17-11-8-7-10-16(17)20(18)23/h7-12,14-15H,13H2,1-6H3/t14-,15+/m0/s1. The van der Waals surface area contributed by atoms with Crippen LogP contribution in [0, 0.1) is 5.92 Å². The smallest absolute Gasteiger partial charge is 0.192 e. The van der Waals surface area contributed by atoms with Gasteiger partial charge in [-0.25, -0.2) is 0 Å². The number of hydrogen-bond donors (Lipinski definition) is 0. The summed E-state index contributed by atoms with van der Waals surface area (Å²) in [7, 11) is -1.97. The van der Waals surface area contributed by atoms with E-state index < -0.39 is 8.32 Å². The molecule has 0 saturated heterocycles. The lowest BCUT2D eigenvalue weighted by atomic mass is 9.74. The molecule has 2 atom stereocenters. The summed E-state index contributed by atoms with van der Waals surface area (Å²) in [4.78, 5) is 26.1. The predicted molar refractivity (Wildman–Crippen MR) is 107 cm³/mol. The molecular formula is C22H28O3Si. The highest BCUT2D eigenvalue weighted by Gasteiger charge is 2.43. The minimum atomic E-state index is -1.97. The van der Waals surface area contributed by atoms with Crippen LogP contribution in [-0.2, 0) is 4.43 Å². The van der Waals surface area contributed by atoms with Crippen molar-refractivity contribution in [2.75, 3.05) is 0 Å². The highest BCUT2D eigenvalue weighted by molar-refractivity contribution is 6.74. The number of carbonyl (C=O) groups excluding carboxylic acids is 2. The largest absolute Gasteiger partial charge is 0.413 e. The number of Topliss-reactive ketones (excluding diaryl/α,β-unsaturated/α-hetero) is 2. The lowest BCUT2D eigenvalue weighted by Crippen LogP contribution is -2.46. The first-order valence-electron chi connectivity index (χ1n) is 9.30. The van der Waals surface area contributed by atoms with Crippen LogP contribution in [0.5, 0.6) is 0 Å². The van der Waals surface area contributed by atoms with Gasteiger partial charge in [0.25, 0.3) is 0 Å². The Hall–Kier alpha value is -1.78. The van der Waals surface area contributed by atoms with Crippen molar-refractivity contribution < 1.29 is 14.0 Å². The summed E-state index contributed by atoms with van der Waals surface area (Å²) in [5.74, 6) is -0.197. The Morgan fingerprint density at radius 2 is 1.65 bits per heavy atom. The van der Waals surface area contributed by atoms with E-state index in [1.54, 1.807) is 12.1 Å². The summed E-state index contributed by atoms with van der Waals surface area (Å²) in [5.41, 5.74) is 2.34. The van der Waals surface area contributed by atoms with Crippen molar-refractivity contribution in [3.05, 3.63) is 58.7 Å². The summed E-state index contributed by atoms with van der Waals surface area (Å²) in [6.45, 7) is 13.1. The summed E-state index contributed by atoms with van der Waals surface area (Å²) in [5, 5.41) is 0.0931. The average Bonchev–Trinajstić information content (AvgIpc) is 2.57. The monoisotopic (exact) mass is 368 g/mol. The van der Waals surface area contributed by atoms with Gasteiger partial charge < -0.3 is 4.43 Å². The molecule has 1 aromatic carbocycles. The second-order valence-electron chi connectivity index (χ2n) is 8.84. The predicted octanol–water partition coefficient (Wildman–Crippen LogP) is 5.35. The second kappa shape index (κ2) is 6.43. The number of allylic oxidation sites excluding steroid dienone is 2. The zero-order valence-corrected chi connectivity index (χ0v) is 17.6. The van der Waals surface area contributed by atoms with Crippen molar-refractivity contribution in [3.63, 3.8) is 0 Å². The van der Waals surface area contributed by atoms with Crippen LogP contribution < -0.4 is 0 Å². The van der Waals surface area contributed by atoms with Gasteiger partial charge in [0.05, 0.1) is 6.10 Å². The quantitative estimate of drug-likeness (QED) is 0.533. The Morgan fingerprint density at radius 1 is 1.08 bits per heavy atom. The van der Waals surface area contributed by atoms with Crippen molar-refractivity contribution in [2.45, 2.75) is 58.4 Å². The van der Waals surface area contributed by atoms with E-state index in [-0.39, 0.29) is 28.6 Å². The first kappa shape index (κ1) is 19.0. The average molecular weight is 369 g/mol. The van der Waals surface area contributed by atoms with E-state index in [2.05, 4.69) is 39.9 Å². The topological polar surface area (TPSA) is 43.4 Å². The first-order valence-corrected chi connectivity index (χ1v) is 12.2. The van der Waals surface area contributed by atoms with Crippen LogP contribution in [0.1, 0.15) is 54.8 Å². The summed E-state index contributed by atoms with van der Waals surface area (Å²) in [6, 6.07) is 7.14. The molecule has 3 nitrogen and oxygen atoms in total. The maximum atomic E-state index is 13.2. The number of hydrogen-bond acceptors (Lipinski definition) is 3. The third kappa shape index (κ3) is 3.05. The molecule has 0 bridgehead atoms. The number of benzene rings is 1. The summed E-state index contributed by atoms with van der Waals surface area (Å²) < 4.78 is 6.55. The van der Waals surface area contributed by atoms with Gasteiger partial charge in [-0.3, -0.25) is 9.59 Å². The third-order valence-electron chi connectivity index (χ3n) is 6.05. The van der Waals surface area contributed by atoms with E-state index in [0.717, 1.165) is 0 Å². The van der Waals surface area contributed by atoms with E-state index in [1.807, 2.05) is 25.1 Å². The van der Waals surface area contributed by atoms with Crippen LogP contribution in [0.2, 0.25) is 18.1 Å². The maximum Gasteiger partial charge on any atom is 0.192 e. The molecule has 0 N–H and O–H groups in total. The highest BCUT2D eigenvalue weighted by Crippen LogP contribution is 2.41. The molecule has 138 valence electrons. The molecule has 0 unspecified atom stereocenters. The molecule has 0 heterocycles. The Balaban J connectivity index is 1.98.